The molecule has 1 N–H and O–H groups in total. The number of rotatable bonds is 5. The Morgan fingerprint density at radius 2 is 2.08 bits per heavy atom. The number of carbonyl (C=O) groups is 1. The van der Waals surface area contributed by atoms with Gasteiger partial charge in [0, 0.05) is 6.61 Å². The van der Waals surface area contributed by atoms with Crippen LogP contribution in [0, 0.1) is 0 Å². The van der Waals surface area contributed by atoms with Crippen LogP contribution in [0.2, 0.25) is 0 Å². The van der Waals surface area contributed by atoms with E-state index in [0.717, 1.165) is 0 Å². The van der Waals surface area contributed by atoms with Crippen LogP contribution in [0.15, 0.2) is 0 Å². The number of thiol groups is 2. The van der Waals surface area contributed by atoms with Crippen LogP contribution in [0.4, 0.5) is 0 Å². The van der Waals surface area contributed by atoms with Crippen molar-refractivity contribution in [3.05, 3.63) is 0 Å². The zero-order valence-corrected chi connectivity index (χ0v) is 8.78. The summed E-state index contributed by atoms with van der Waals surface area (Å²) in [7, 11) is 0. The maximum Gasteiger partial charge on any atom is 0.331 e. The number of aliphatic hydroxyl groups is 1. The van der Waals surface area contributed by atoms with Crippen molar-refractivity contribution in [2.75, 3.05) is 13.2 Å². The smallest absolute Gasteiger partial charge is 0.331 e. The number of hydrogen-bond acceptors (Lipinski definition) is 5. The lowest BCUT2D eigenvalue weighted by Crippen LogP contribution is -2.25. The van der Waals surface area contributed by atoms with E-state index < -0.39 is 10.0 Å². The lowest BCUT2D eigenvalue weighted by atomic mass is 10.3. The van der Waals surface area contributed by atoms with Crippen molar-refractivity contribution < 1.29 is 14.6 Å². The van der Waals surface area contributed by atoms with Crippen LogP contribution in [0.1, 0.15) is 19.8 Å². The maximum atomic E-state index is 11.0. The molecule has 0 saturated heterocycles. The van der Waals surface area contributed by atoms with Gasteiger partial charge >= 0.3 is 5.97 Å². The van der Waals surface area contributed by atoms with E-state index in [1.165, 1.54) is 0 Å². The van der Waals surface area contributed by atoms with E-state index in [-0.39, 0.29) is 6.61 Å². The molecule has 0 aromatic heterocycles. The third kappa shape index (κ3) is 5.74. The number of unbranched alkanes of at least 4 members (excludes halogenated alkanes) is 1. The summed E-state index contributed by atoms with van der Waals surface area (Å²) in [5.41, 5.74) is 0. The van der Waals surface area contributed by atoms with Gasteiger partial charge in [0.1, 0.15) is 0 Å². The van der Waals surface area contributed by atoms with Gasteiger partial charge in [-0.3, -0.25) is 0 Å². The Bertz CT molecular complexity index is 142. The number of aliphatic hydroxyl groups excluding tert-OH is 1. The van der Waals surface area contributed by atoms with E-state index in [2.05, 4.69) is 25.3 Å². The Morgan fingerprint density at radius 1 is 1.50 bits per heavy atom. The molecule has 3 nitrogen and oxygen atoms in total. The second-order valence-corrected chi connectivity index (χ2v) is 4.73. The van der Waals surface area contributed by atoms with Crippen LogP contribution in [0.3, 0.4) is 0 Å². The third-order valence-corrected chi connectivity index (χ3v) is 1.54. The van der Waals surface area contributed by atoms with E-state index in [0.29, 0.717) is 19.4 Å². The molecule has 0 radical (unpaired) electrons. The molecule has 0 heterocycles. The molecule has 0 aliphatic heterocycles. The van der Waals surface area contributed by atoms with Crippen LogP contribution in [-0.4, -0.2) is 28.4 Å². The molecular weight excluding hydrogens is 196 g/mol. The highest BCUT2D eigenvalue weighted by molar-refractivity contribution is 8.01. The summed E-state index contributed by atoms with van der Waals surface area (Å²) in [6.07, 6.45) is 1.31. The van der Waals surface area contributed by atoms with Crippen LogP contribution >= 0.6 is 25.3 Å². The van der Waals surface area contributed by atoms with Crippen molar-refractivity contribution >= 4 is 31.2 Å². The minimum atomic E-state index is -1.03. The lowest BCUT2D eigenvalue weighted by Gasteiger charge is -2.14. The summed E-state index contributed by atoms with van der Waals surface area (Å²) in [6.45, 7) is 1.99. The Kier molecular flexibility index (Phi) is 5.78. The monoisotopic (exact) mass is 210 g/mol. The molecule has 0 unspecified atom stereocenters. The highest BCUT2D eigenvalue weighted by atomic mass is 32.2. The van der Waals surface area contributed by atoms with Crippen molar-refractivity contribution in [3.8, 4) is 0 Å². The minimum Gasteiger partial charge on any atom is -0.464 e. The maximum absolute atomic E-state index is 11.0. The third-order valence-electron chi connectivity index (χ3n) is 1.17. The summed E-state index contributed by atoms with van der Waals surface area (Å²) in [5, 5.41) is 8.42. The van der Waals surface area contributed by atoms with Crippen LogP contribution in [0.5, 0.6) is 0 Å². The van der Waals surface area contributed by atoms with Gasteiger partial charge in [-0.25, -0.2) is 4.79 Å². The highest BCUT2D eigenvalue weighted by Gasteiger charge is 2.25. The number of ether oxygens (including phenoxy) is 1. The van der Waals surface area contributed by atoms with Gasteiger partial charge in [0.25, 0.3) is 0 Å². The second kappa shape index (κ2) is 5.72. The fraction of sp³-hybridized carbons (Fsp3) is 0.857. The molecule has 0 fully saturated rings. The van der Waals surface area contributed by atoms with Crippen LogP contribution < -0.4 is 0 Å². The molecule has 0 aromatic rings. The second-order valence-electron chi connectivity index (χ2n) is 2.59. The van der Waals surface area contributed by atoms with Crippen LogP contribution in [0.25, 0.3) is 0 Å². The molecule has 72 valence electrons. The average Bonchev–Trinajstić information content (AvgIpc) is 1.96. The van der Waals surface area contributed by atoms with E-state index >= 15 is 0 Å². The molecule has 0 spiro atoms. The van der Waals surface area contributed by atoms with E-state index in [4.69, 9.17) is 9.84 Å². The van der Waals surface area contributed by atoms with Crippen LogP contribution in [-0.2, 0) is 9.53 Å². The lowest BCUT2D eigenvalue weighted by molar-refractivity contribution is -0.143. The average molecular weight is 210 g/mol. The first-order chi connectivity index (χ1) is 5.48. The quantitative estimate of drug-likeness (QED) is 0.273. The fourth-order valence-electron chi connectivity index (χ4n) is 0.515. The van der Waals surface area contributed by atoms with Crippen molar-refractivity contribution in [2.24, 2.45) is 0 Å². The zero-order valence-electron chi connectivity index (χ0n) is 6.99. The SMILES string of the molecule is CC(S)(S)C(=O)OCCCCO. The summed E-state index contributed by atoms with van der Waals surface area (Å²) >= 11 is 7.83. The van der Waals surface area contributed by atoms with Gasteiger partial charge in [0.2, 0.25) is 0 Å². The summed E-state index contributed by atoms with van der Waals surface area (Å²) in [4.78, 5) is 11.0. The molecule has 12 heavy (non-hydrogen) atoms. The van der Waals surface area contributed by atoms with Gasteiger partial charge in [-0.05, 0) is 19.8 Å². The van der Waals surface area contributed by atoms with Gasteiger partial charge in [0.05, 0.1) is 6.61 Å². The Labute approximate surface area is 83.3 Å². The minimum absolute atomic E-state index is 0.122. The molecule has 0 bridgehead atoms. The van der Waals surface area contributed by atoms with Gasteiger partial charge in [0.15, 0.2) is 4.08 Å². The normalized spacial score (nSPS) is 11.3. The van der Waals surface area contributed by atoms with Crippen molar-refractivity contribution in [1.29, 1.82) is 0 Å². The van der Waals surface area contributed by atoms with E-state index in [1.54, 1.807) is 6.92 Å². The first-order valence-corrected chi connectivity index (χ1v) is 4.60. The molecule has 0 amide bonds. The predicted molar refractivity (Wildman–Crippen MR) is 53.7 cm³/mol. The number of esters is 1. The summed E-state index contributed by atoms with van der Waals surface area (Å²) in [5.74, 6) is -0.452. The number of hydrogen-bond donors (Lipinski definition) is 3. The van der Waals surface area contributed by atoms with Gasteiger partial charge < -0.3 is 9.84 Å². The predicted octanol–water partition coefficient (Wildman–Crippen LogP) is 0.878. The molecule has 5 heteroatoms. The van der Waals surface area contributed by atoms with Gasteiger partial charge in [-0.15, -0.1) is 0 Å². The first-order valence-electron chi connectivity index (χ1n) is 3.71. The van der Waals surface area contributed by atoms with E-state index in [9.17, 15) is 4.79 Å². The molecule has 0 atom stereocenters. The molecule has 0 aromatic carbocycles. The molecule has 0 aliphatic rings. The van der Waals surface area contributed by atoms with Crippen molar-refractivity contribution in [1.82, 2.24) is 0 Å². The Hall–Kier alpha value is 0.130. The topological polar surface area (TPSA) is 46.5 Å². The van der Waals surface area contributed by atoms with Crippen molar-refractivity contribution in [2.45, 2.75) is 23.8 Å². The molecule has 0 rings (SSSR count). The molecule has 0 saturated carbocycles. The van der Waals surface area contributed by atoms with E-state index in [1.807, 2.05) is 0 Å². The zero-order chi connectivity index (χ0) is 9.61. The standard InChI is InChI=1S/C7H14O3S2/c1-7(11,12)6(9)10-5-3-2-4-8/h8,11-12H,2-5H2,1H3. The summed E-state index contributed by atoms with van der Waals surface area (Å²) < 4.78 is 3.78. The first kappa shape index (κ1) is 12.1. The van der Waals surface area contributed by atoms with Gasteiger partial charge in [-0.2, -0.15) is 25.3 Å². The summed E-state index contributed by atoms with van der Waals surface area (Å²) in [6, 6.07) is 0. The largest absolute Gasteiger partial charge is 0.464 e. The molecule has 0 aliphatic carbocycles. The molecular formula is C7H14O3S2. The number of carbonyl (C=O) groups excluding carboxylic acids is 1. The van der Waals surface area contributed by atoms with Crippen molar-refractivity contribution in [3.63, 3.8) is 0 Å². The van der Waals surface area contributed by atoms with Gasteiger partial charge in [-0.1, -0.05) is 0 Å². The Morgan fingerprint density at radius 3 is 2.50 bits per heavy atom. The Balaban J connectivity index is 3.45. The fourth-order valence-corrected chi connectivity index (χ4v) is 0.645. The highest BCUT2D eigenvalue weighted by Crippen LogP contribution is 2.19.